The highest BCUT2D eigenvalue weighted by Crippen LogP contribution is 2.20. The number of thiocarbonyl (C=S) groups is 1. The zero-order chi connectivity index (χ0) is 14.6. The number of nitrogens with two attached hydrogens (primary N) is 1. The molecule has 0 spiro atoms. The largest absolute Gasteiger partial charge is 0.496 e. The minimum atomic E-state index is -0.0962. The summed E-state index contributed by atoms with van der Waals surface area (Å²) in [6.45, 7) is 6.08. The Morgan fingerprint density at radius 2 is 2.11 bits per heavy atom. The van der Waals surface area contributed by atoms with Crippen LogP contribution in [-0.4, -0.2) is 35.5 Å². The van der Waals surface area contributed by atoms with Crippen molar-refractivity contribution >= 4 is 23.1 Å². The molecule has 0 aromatic heterocycles. The number of ether oxygens (including phenoxy) is 1. The van der Waals surface area contributed by atoms with Crippen LogP contribution in [0.15, 0.2) is 18.2 Å². The number of aryl methyl sites for hydroxylation is 1. The van der Waals surface area contributed by atoms with Gasteiger partial charge in [-0.2, -0.15) is 0 Å². The van der Waals surface area contributed by atoms with Gasteiger partial charge in [-0.05, 0) is 38.5 Å². The molecular weight excluding hydrogens is 260 g/mol. The minimum absolute atomic E-state index is 0.0290. The molecule has 0 heterocycles. The van der Waals surface area contributed by atoms with Gasteiger partial charge in [-0.25, -0.2) is 0 Å². The van der Waals surface area contributed by atoms with E-state index in [-0.39, 0.29) is 18.5 Å². The lowest BCUT2D eigenvalue weighted by Gasteiger charge is -2.26. The summed E-state index contributed by atoms with van der Waals surface area (Å²) in [5, 5.41) is 0. The summed E-state index contributed by atoms with van der Waals surface area (Å²) in [6.07, 6.45) is 0. The Morgan fingerprint density at radius 1 is 1.47 bits per heavy atom. The van der Waals surface area contributed by atoms with Crippen molar-refractivity contribution in [2.75, 3.05) is 13.7 Å². The third-order valence-corrected chi connectivity index (χ3v) is 2.99. The molecule has 4 nitrogen and oxygen atoms in total. The molecule has 0 aliphatic rings. The van der Waals surface area contributed by atoms with Gasteiger partial charge >= 0.3 is 0 Å². The molecule has 0 atom stereocenters. The second-order valence-corrected chi connectivity index (χ2v) is 5.20. The standard InChI is InChI=1S/C14H20N2O2S/c1-9(2)16(8-13(15)19)14(17)11-6-5-10(3)12(7-11)18-4/h5-7,9H,8H2,1-4H3,(H2,15,19). The lowest BCUT2D eigenvalue weighted by molar-refractivity contribution is 0.0736. The highest BCUT2D eigenvalue weighted by atomic mass is 32.1. The maximum Gasteiger partial charge on any atom is 0.254 e. The highest BCUT2D eigenvalue weighted by molar-refractivity contribution is 7.80. The van der Waals surface area contributed by atoms with E-state index < -0.39 is 0 Å². The summed E-state index contributed by atoms with van der Waals surface area (Å²) < 4.78 is 5.24. The Balaban J connectivity index is 3.06. The van der Waals surface area contributed by atoms with Crippen LogP contribution in [0.1, 0.15) is 29.8 Å². The fraction of sp³-hybridized carbons (Fsp3) is 0.429. The zero-order valence-corrected chi connectivity index (χ0v) is 12.6. The van der Waals surface area contributed by atoms with Crippen LogP contribution in [0.5, 0.6) is 5.75 Å². The second-order valence-electron chi connectivity index (χ2n) is 4.68. The smallest absolute Gasteiger partial charge is 0.254 e. The van der Waals surface area contributed by atoms with Crippen molar-refractivity contribution in [1.29, 1.82) is 0 Å². The van der Waals surface area contributed by atoms with Crippen LogP contribution in [-0.2, 0) is 0 Å². The van der Waals surface area contributed by atoms with Crippen molar-refractivity contribution in [2.45, 2.75) is 26.8 Å². The number of carbonyl (C=O) groups is 1. The van der Waals surface area contributed by atoms with E-state index in [0.29, 0.717) is 16.3 Å². The van der Waals surface area contributed by atoms with Crippen molar-refractivity contribution in [1.82, 2.24) is 4.90 Å². The van der Waals surface area contributed by atoms with Crippen LogP contribution in [0, 0.1) is 6.92 Å². The van der Waals surface area contributed by atoms with Crippen molar-refractivity contribution in [3.63, 3.8) is 0 Å². The monoisotopic (exact) mass is 280 g/mol. The molecule has 0 radical (unpaired) electrons. The number of carbonyl (C=O) groups excluding carboxylic acids is 1. The van der Waals surface area contributed by atoms with Crippen LogP contribution in [0.2, 0.25) is 0 Å². The number of hydrogen-bond donors (Lipinski definition) is 1. The van der Waals surface area contributed by atoms with E-state index in [1.54, 1.807) is 24.1 Å². The average molecular weight is 280 g/mol. The SMILES string of the molecule is COc1cc(C(=O)N(CC(N)=S)C(C)C)ccc1C. The molecule has 1 aromatic rings. The minimum Gasteiger partial charge on any atom is -0.496 e. The Bertz CT molecular complexity index is 486. The molecule has 1 rings (SSSR count). The second kappa shape index (κ2) is 6.52. The van der Waals surface area contributed by atoms with E-state index in [2.05, 4.69) is 0 Å². The predicted octanol–water partition coefficient (Wildman–Crippen LogP) is 2.14. The molecule has 2 N–H and O–H groups in total. The Kier molecular flexibility index (Phi) is 5.30. The first kappa shape index (κ1) is 15.4. The van der Waals surface area contributed by atoms with E-state index in [0.717, 1.165) is 5.56 Å². The number of nitrogens with zero attached hydrogens (tertiary/aromatic N) is 1. The van der Waals surface area contributed by atoms with Gasteiger partial charge in [0.15, 0.2) is 0 Å². The van der Waals surface area contributed by atoms with Crippen LogP contribution >= 0.6 is 12.2 Å². The molecule has 5 heteroatoms. The molecular formula is C14H20N2O2S. The lowest BCUT2D eigenvalue weighted by Crippen LogP contribution is -2.42. The summed E-state index contributed by atoms with van der Waals surface area (Å²) >= 11 is 4.89. The molecule has 0 unspecified atom stereocenters. The fourth-order valence-electron chi connectivity index (χ4n) is 1.78. The Morgan fingerprint density at radius 3 is 2.58 bits per heavy atom. The first-order chi connectivity index (χ1) is 8.86. The van der Waals surface area contributed by atoms with Crippen LogP contribution in [0.25, 0.3) is 0 Å². The molecule has 1 aromatic carbocycles. The molecule has 0 saturated carbocycles. The van der Waals surface area contributed by atoms with Gasteiger partial charge in [-0.1, -0.05) is 18.3 Å². The van der Waals surface area contributed by atoms with Gasteiger partial charge in [-0.3, -0.25) is 4.79 Å². The topological polar surface area (TPSA) is 55.6 Å². The molecule has 19 heavy (non-hydrogen) atoms. The van der Waals surface area contributed by atoms with Crippen molar-refractivity contribution in [2.24, 2.45) is 5.73 Å². The zero-order valence-electron chi connectivity index (χ0n) is 11.8. The third-order valence-electron chi connectivity index (χ3n) is 2.87. The molecule has 0 bridgehead atoms. The predicted molar refractivity (Wildman–Crippen MR) is 80.7 cm³/mol. The van der Waals surface area contributed by atoms with Gasteiger partial charge in [0.2, 0.25) is 0 Å². The number of amides is 1. The molecule has 0 aliphatic carbocycles. The molecule has 0 saturated heterocycles. The fourth-order valence-corrected chi connectivity index (χ4v) is 1.91. The summed E-state index contributed by atoms with van der Waals surface area (Å²) in [4.78, 5) is 14.4. The van der Waals surface area contributed by atoms with Gasteiger partial charge in [0.05, 0.1) is 18.6 Å². The van der Waals surface area contributed by atoms with Crippen LogP contribution in [0.3, 0.4) is 0 Å². The average Bonchev–Trinajstić information content (AvgIpc) is 2.35. The maximum absolute atomic E-state index is 12.5. The normalized spacial score (nSPS) is 10.4. The summed E-state index contributed by atoms with van der Waals surface area (Å²) in [7, 11) is 1.59. The molecule has 0 fully saturated rings. The van der Waals surface area contributed by atoms with E-state index in [9.17, 15) is 4.79 Å². The summed E-state index contributed by atoms with van der Waals surface area (Å²) in [6, 6.07) is 5.42. The summed E-state index contributed by atoms with van der Waals surface area (Å²) in [5.41, 5.74) is 7.11. The van der Waals surface area contributed by atoms with E-state index in [1.165, 1.54) is 0 Å². The third kappa shape index (κ3) is 3.92. The van der Waals surface area contributed by atoms with E-state index in [1.807, 2.05) is 26.8 Å². The van der Waals surface area contributed by atoms with E-state index in [4.69, 9.17) is 22.7 Å². The van der Waals surface area contributed by atoms with Crippen molar-refractivity contribution < 1.29 is 9.53 Å². The van der Waals surface area contributed by atoms with Crippen LogP contribution < -0.4 is 10.5 Å². The first-order valence-corrected chi connectivity index (χ1v) is 6.51. The van der Waals surface area contributed by atoms with Gasteiger partial charge in [0, 0.05) is 11.6 Å². The maximum atomic E-state index is 12.5. The number of rotatable bonds is 5. The van der Waals surface area contributed by atoms with E-state index >= 15 is 0 Å². The van der Waals surface area contributed by atoms with Gasteiger partial charge < -0.3 is 15.4 Å². The Hall–Kier alpha value is -1.62. The Labute approximate surface area is 119 Å². The molecule has 1 amide bonds. The first-order valence-electron chi connectivity index (χ1n) is 6.10. The van der Waals surface area contributed by atoms with Gasteiger partial charge in [0.25, 0.3) is 5.91 Å². The van der Waals surface area contributed by atoms with Gasteiger partial charge in [0.1, 0.15) is 5.75 Å². The number of benzene rings is 1. The molecule has 0 aliphatic heterocycles. The number of methoxy groups -OCH3 is 1. The van der Waals surface area contributed by atoms with Crippen molar-refractivity contribution in [3.8, 4) is 5.75 Å². The van der Waals surface area contributed by atoms with Crippen molar-refractivity contribution in [3.05, 3.63) is 29.3 Å². The summed E-state index contributed by atoms with van der Waals surface area (Å²) in [5.74, 6) is 0.603. The quantitative estimate of drug-likeness (QED) is 0.840. The van der Waals surface area contributed by atoms with Crippen LogP contribution in [0.4, 0.5) is 0 Å². The number of hydrogen-bond acceptors (Lipinski definition) is 3. The lowest BCUT2D eigenvalue weighted by atomic mass is 10.1. The molecule has 104 valence electrons. The highest BCUT2D eigenvalue weighted by Gasteiger charge is 2.20. The van der Waals surface area contributed by atoms with Gasteiger partial charge in [-0.15, -0.1) is 0 Å².